The first-order chi connectivity index (χ1) is 9.70. The van der Waals surface area contributed by atoms with E-state index in [1.54, 1.807) is 0 Å². The molecule has 20 heavy (non-hydrogen) atoms. The Hall–Kier alpha value is -1.43. The van der Waals surface area contributed by atoms with Gasteiger partial charge in [0.1, 0.15) is 0 Å². The first-order valence-corrected chi connectivity index (χ1v) is 7.05. The van der Waals surface area contributed by atoms with Crippen LogP contribution in [0.3, 0.4) is 0 Å². The maximum absolute atomic E-state index is 12.0. The van der Waals surface area contributed by atoms with Crippen molar-refractivity contribution in [3.05, 3.63) is 29.8 Å². The Bertz CT molecular complexity index is 427. The summed E-state index contributed by atoms with van der Waals surface area (Å²) in [5.74, 6) is -0.0387. The fraction of sp³-hybridized carbons (Fsp3) is 0.533. The Balaban J connectivity index is 1.88. The summed E-state index contributed by atoms with van der Waals surface area (Å²) in [6.45, 7) is 6.75. The average Bonchev–Trinajstić information content (AvgIpc) is 2.99. The molecule has 1 saturated heterocycles. The zero-order valence-corrected chi connectivity index (χ0v) is 12.0. The first kappa shape index (κ1) is 15.0. The van der Waals surface area contributed by atoms with Gasteiger partial charge < -0.3 is 20.1 Å². The largest absolute Gasteiger partial charge is 0.346 e. The molecule has 0 bridgehead atoms. The molecule has 1 aromatic carbocycles. The summed E-state index contributed by atoms with van der Waals surface area (Å²) in [6, 6.07) is 7.58. The van der Waals surface area contributed by atoms with Crippen LogP contribution in [0.2, 0.25) is 0 Å². The lowest BCUT2D eigenvalue weighted by atomic mass is 10.1. The van der Waals surface area contributed by atoms with Crippen LogP contribution in [-0.4, -0.2) is 32.2 Å². The van der Waals surface area contributed by atoms with Gasteiger partial charge in [-0.05, 0) is 18.7 Å². The third kappa shape index (κ3) is 4.03. The number of hydrogen-bond donors (Lipinski definition) is 2. The van der Waals surface area contributed by atoms with Gasteiger partial charge in [-0.25, -0.2) is 0 Å². The van der Waals surface area contributed by atoms with E-state index in [9.17, 15) is 4.79 Å². The minimum Gasteiger partial charge on any atom is -0.346 e. The van der Waals surface area contributed by atoms with Crippen LogP contribution in [-0.2, 0) is 14.3 Å². The monoisotopic (exact) mass is 278 g/mol. The molecule has 1 amide bonds. The lowest BCUT2D eigenvalue weighted by molar-refractivity contribution is -0.119. The zero-order chi connectivity index (χ0) is 14.4. The van der Waals surface area contributed by atoms with Gasteiger partial charge in [0.2, 0.25) is 5.91 Å². The summed E-state index contributed by atoms with van der Waals surface area (Å²) < 4.78 is 10.8. The molecule has 1 unspecified atom stereocenters. The lowest BCUT2D eigenvalue weighted by Crippen LogP contribution is -2.30. The van der Waals surface area contributed by atoms with E-state index >= 15 is 0 Å². The van der Waals surface area contributed by atoms with Gasteiger partial charge >= 0.3 is 0 Å². The number of amides is 1. The molecule has 1 aliphatic rings. The molecule has 0 radical (unpaired) electrons. The van der Waals surface area contributed by atoms with Crippen molar-refractivity contribution in [2.24, 2.45) is 5.92 Å². The van der Waals surface area contributed by atoms with Gasteiger partial charge in [0.05, 0.1) is 13.2 Å². The number of anilines is 1. The second-order valence-electron chi connectivity index (χ2n) is 4.89. The molecule has 5 heteroatoms. The van der Waals surface area contributed by atoms with Crippen LogP contribution >= 0.6 is 0 Å². The fourth-order valence-electron chi connectivity index (χ4n) is 1.99. The normalized spacial score (nSPS) is 17.1. The predicted octanol–water partition coefficient (Wildman–Crippen LogP) is 1.92. The maximum atomic E-state index is 12.0. The van der Waals surface area contributed by atoms with Crippen molar-refractivity contribution in [3.63, 3.8) is 0 Å². The lowest BCUT2D eigenvalue weighted by Gasteiger charge is -2.13. The highest BCUT2D eigenvalue weighted by atomic mass is 16.7. The van der Waals surface area contributed by atoms with Crippen molar-refractivity contribution in [2.45, 2.75) is 20.1 Å². The van der Waals surface area contributed by atoms with Crippen molar-refractivity contribution in [1.29, 1.82) is 0 Å². The van der Waals surface area contributed by atoms with Crippen LogP contribution < -0.4 is 10.6 Å². The number of carbonyl (C=O) groups excluding carboxylic acids is 1. The Morgan fingerprint density at radius 1 is 1.30 bits per heavy atom. The molecule has 5 nitrogen and oxygen atoms in total. The molecule has 0 saturated carbocycles. The number of carbonyl (C=O) groups is 1. The zero-order valence-electron chi connectivity index (χ0n) is 12.0. The third-order valence-electron chi connectivity index (χ3n) is 3.22. The van der Waals surface area contributed by atoms with E-state index in [0.717, 1.165) is 17.8 Å². The highest BCUT2D eigenvalue weighted by molar-refractivity contribution is 5.92. The minimum atomic E-state index is -0.271. The molecule has 1 fully saturated rings. The van der Waals surface area contributed by atoms with Gasteiger partial charge in [0.15, 0.2) is 6.29 Å². The smallest absolute Gasteiger partial charge is 0.228 e. The number of rotatable bonds is 6. The number of hydrogen-bond acceptors (Lipinski definition) is 4. The van der Waals surface area contributed by atoms with Crippen molar-refractivity contribution in [2.75, 3.05) is 31.6 Å². The highest BCUT2D eigenvalue weighted by Crippen LogP contribution is 2.24. The summed E-state index contributed by atoms with van der Waals surface area (Å²) in [4.78, 5) is 12.0. The van der Waals surface area contributed by atoms with E-state index in [2.05, 4.69) is 10.6 Å². The van der Waals surface area contributed by atoms with Crippen LogP contribution in [0.5, 0.6) is 0 Å². The van der Waals surface area contributed by atoms with Crippen LogP contribution in [0.4, 0.5) is 5.69 Å². The standard InChI is InChI=1S/C15H22N2O3/c1-3-16-10-11(2)14(18)17-13-6-4-12(5-7-13)15-19-8-9-20-15/h4-7,11,15-16H,3,8-10H2,1-2H3,(H,17,18). The molecule has 0 aliphatic carbocycles. The average molecular weight is 278 g/mol. The molecule has 1 heterocycles. The van der Waals surface area contributed by atoms with E-state index in [0.29, 0.717) is 19.8 Å². The minimum absolute atomic E-state index is 0.0204. The molecule has 2 N–H and O–H groups in total. The molecule has 110 valence electrons. The van der Waals surface area contributed by atoms with Gasteiger partial charge in [-0.15, -0.1) is 0 Å². The second kappa shape index (κ2) is 7.38. The Kier molecular flexibility index (Phi) is 5.52. The summed E-state index contributed by atoms with van der Waals surface area (Å²) in [5.41, 5.74) is 1.77. The van der Waals surface area contributed by atoms with E-state index in [-0.39, 0.29) is 18.1 Å². The van der Waals surface area contributed by atoms with Gasteiger partial charge in [-0.3, -0.25) is 4.79 Å². The van der Waals surface area contributed by atoms with E-state index in [1.807, 2.05) is 38.1 Å². The second-order valence-corrected chi connectivity index (χ2v) is 4.89. The predicted molar refractivity (Wildman–Crippen MR) is 77.4 cm³/mol. The summed E-state index contributed by atoms with van der Waals surface area (Å²) in [6.07, 6.45) is -0.271. The van der Waals surface area contributed by atoms with Crippen molar-refractivity contribution in [3.8, 4) is 0 Å². The van der Waals surface area contributed by atoms with Crippen LogP contribution in [0.1, 0.15) is 25.7 Å². The maximum Gasteiger partial charge on any atom is 0.228 e. The quantitative estimate of drug-likeness (QED) is 0.834. The molecule has 2 rings (SSSR count). The molecule has 1 atom stereocenters. The molecule has 1 aliphatic heterocycles. The molecular weight excluding hydrogens is 256 g/mol. The highest BCUT2D eigenvalue weighted by Gasteiger charge is 2.18. The topological polar surface area (TPSA) is 59.6 Å². The fourth-order valence-corrected chi connectivity index (χ4v) is 1.99. The van der Waals surface area contributed by atoms with Gasteiger partial charge in [-0.2, -0.15) is 0 Å². The number of benzene rings is 1. The van der Waals surface area contributed by atoms with Crippen LogP contribution in [0.25, 0.3) is 0 Å². The third-order valence-corrected chi connectivity index (χ3v) is 3.22. The van der Waals surface area contributed by atoms with Crippen molar-refractivity contribution < 1.29 is 14.3 Å². The van der Waals surface area contributed by atoms with Crippen molar-refractivity contribution in [1.82, 2.24) is 5.32 Å². The van der Waals surface area contributed by atoms with Crippen molar-refractivity contribution >= 4 is 11.6 Å². The molecule has 0 spiro atoms. The van der Waals surface area contributed by atoms with Gasteiger partial charge in [0.25, 0.3) is 0 Å². The molecular formula is C15H22N2O3. The summed E-state index contributed by atoms with van der Waals surface area (Å²) in [7, 11) is 0. The first-order valence-electron chi connectivity index (χ1n) is 7.05. The Morgan fingerprint density at radius 3 is 2.55 bits per heavy atom. The van der Waals surface area contributed by atoms with Crippen LogP contribution in [0.15, 0.2) is 24.3 Å². The van der Waals surface area contributed by atoms with Crippen LogP contribution in [0, 0.1) is 5.92 Å². The van der Waals surface area contributed by atoms with E-state index in [1.165, 1.54) is 0 Å². The Morgan fingerprint density at radius 2 is 1.95 bits per heavy atom. The summed E-state index contributed by atoms with van der Waals surface area (Å²) >= 11 is 0. The SMILES string of the molecule is CCNCC(C)C(=O)Nc1ccc(C2OCCO2)cc1. The molecule has 0 aromatic heterocycles. The van der Waals surface area contributed by atoms with Gasteiger partial charge in [-0.1, -0.05) is 26.0 Å². The number of ether oxygens (including phenoxy) is 2. The molecule has 1 aromatic rings. The number of nitrogens with one attached hydrogen (secondary N) is 2. The summed E-state index contributed by atoms with van der Waals surface area (Å²) in [5, 5.41) is 6.07. The van der Waals surface area contributed by atoms with E-state index in [4.69, 9.17) is 9.47 Å². The van der Waals surface area contributed by atoms with E-state index < -0.39 is 0 Å². The Labute approximate surface area is 119 Å². The van der Waals surface area contributed by atoms with Gasteiger partial charge in [0, 0.05) is 23.7 Å².